The Balaban J connectivity index is 2.25. The summed E-state index contributed by atoms with van der Waals surface area (Å²) < 4.78 is 5.47. The summed E-state index contributed by atoms with van der Waals surface area (Å²) >= 11 is 1.97. The molecule has 0 saturated carbocycles. The van der Waals surface area contributed by atoms with Gasteiger partial charge in [-0.1, -0.05) is 30.3 Å². The van der Waals surface area contributed by atoms with E-state index >= 15 is 0 Å². The number of nitrogens with zero attached hydrogens (tertiary/aromatic N) is 1. The zero-order valence-corrected chi connectivity index (χ0v) is 13.3. The van der Waals surface area contributed by atoms with Gasteiger partial charge in [-0.2, -0.15) is 11.8 Å². The molecule has 1 atom stereocenters. The average Bonchev–Trinajstić information content (AvgIpc) is 2.39. The number of esters is 1. The fraction of sp³-hybridized carbons (Fsp3) is 0.562. The lowest BCUT2D eigenvalue weighted by Crippen LogP contribution is -2.47. The van der Waals surface area contributed by atoms with Gasteiger partial charge in [0.15, 0.2) is 0 Å². The SMILES string of the molecule is CCOC(=O)C(c1ccccc1)N1CCSC(C)(C)C1. The smallest absolute Gasteiger partial charge is 0.328 e. The van der Waals surface area contributed by atoms with Crippen molar-refractivity contribution in [3.05, 3.63) is 35.9 Å². The lowest BCUT2D eigenvalue weighted by Gasteiger charge is -2.40. The van der Waals surface area contributed by atoms with Crippen LogP contribution in [0.15, 0.2) is 30.3 Å². The molecule has 1 aromatic carbocycles. The molecule has 1 heterocycles. The molecule has 110 valence electrons. The number of carbonyl (C=O) groups is 1. The van der Waals surface area contributed by atoms with Gasteiger partial charge in [-0.3, -0.25) is 4.90 Å². The van der Waals surface area contributed by atoms with Crippen LogP contribution in [0.1, 0.15) is 32.4 Å². The van der Waals surface area contributed by atoms with Crippen molar-refractivity contribution >= 4 is 17.7 Å². The van der Waals surface area contributed by atoms with E-state index in [0.29, 0.717) is 6.61 Å². The number of hydrogen-bond acceptors (Lipinski definition) is 4. The van der Waals surface area contributed by atoms with Gasteiger partial charge in [-0.25, -0.2) is 4.79 Å². The Bertz CT molecular complexity index is 447. The van der Waals surface area contributed by atoms with Crippen molar-refractivity contribution in [2.75, 3.05) is 25.4 Å². The lowest BCUT2D eigenvalue weighted by atomic mass is 10.0. The molecule has 2 rings (SSSR count). The molecule has 0 aromatic heterocycles. The van der Waals surface area contributed by atoms with E-state index in [2.05, 4.69) is 18.7 Å². The zero-order valence-electron chi connectivity index (χ0n) is 12.5. The third kappa shape index (κ3) is 3.76. The van der Waals surface area contributed by atoms with Crippen LogP contribution in [0.25, 0.3) is 0 Å². The van der Waals surface area contributed by atoms with Crippen molar-refractivity contribution in [3.8, 4) is 0 Å². The van der Waals surface area contributed by atoms with E-state index in [-0.39, 0.29) is 16.8 Å². The molecule has 0 spiro atoms. The molecule has 0 aliphatic carbocycles. The molecular formula is C16H23NO2S. The minimum absolute atomic E-state index is 0.138. The van der Waals surface area contributed by atoms with Gasteiger partial charge in [0.1, 0.15) is 6.04 Å². The molecule has 1 fully saturated rings. The highest BCUT2D eigenvalue weighted by atomic mass is 32.2. The normalized spacial score (nSPS) is 20.4. The third-order valence-electron chi connectivity index (χ3n) is 3.45. The van der Waals surface area contributed by atoms with Crippen LogP contribution in [0.5, 0.6) is 0 Å². The van der Waals surface area contributed by atoms with E-state index in [1.807, 2.05) is 49.0 Å². The number of benzene rings is 1. The zero-order chi connectivity index (χ0) is 14.6. The molecule has 20 heavy (non-hydrogen) atoms. The second kappa shape index (κ2) is 6.64. The Kier molecular flexibility index (Phi) is 5.11. The molecule has 0 bridgehead atoms. The molecule has 3 nitrogen and oxygen atoms in total. The van der Waals surface area contributed by atoms with Crippen molar-refractivity contribution in [3.63, 3.8) is 0 Å². The van der Waals surface area contributed by atoms with Crippen LogP contribution in [0.2, 0.25) is 0 Å². The minimum Gasteiger partial charge on any atom is -0.465 e. The molecule has 0 radical (unpaired) electrons. The maximum atomic E-state index is 12.4. The molecule has 0 N–H and O–H groups in total. The Labute approximate surface area is 125 Å². The van der Waals surface area contributed by atoms with Crippen molar-refractivity contribution in [1.82, 2.24) is 4.90 Å². The van der Waals surface area contributed by atoms with Crippen LogP contribution in [0.3, 0.4) is 0 Å². The van der Waals surface area contributed by atoms with Crippen molar-refractivity contribution < 1.29 is 9.53 Å². The predicted octanol–water partition coefficient (Wildman–Crippen LogP) is 3.12. The third-order valence-corrected chi connectivity index (χ3v) is 4.74. The van der Waals surface area contributed by atoms with Crippen LogP contribution in [0, 0.1) is 0 Å². The first-order chi connectivity index (χ1) is 9.53. The summed E-state index contributed by atoms with van der Waals surface area (Å²) in [6.45, 7) is 8.57. The maximum absolute atomic E-state index is 12.4. The van der Waals surface area contributed by atoms with Crippen LogP contribution in [-0.2, 0) is 9.53 Å². The maximum Gasteiger partial charge on any atom is 0.328 e. The summed E-state index contributed by atoms with van der Waals surface area (Å²) in [6.07, 6.45) is 0. The molecule has 1 aromatic rings. The van der Waals surface area contributed by atoms with E-state index in [4.69, 9.17) is 4.74 Å². The second-order valence-corrected chi connectivity index (χ2v) is 7.45. The minimum atomic E-state index is -0.281. The molecule has 1 aliphatic rings. The van der Waals surface area contributed by atoms with Gasteiger partial charge in [-0.05, 0) is 26.3 Å². The topological polar surface area (TPSA) is 29.5 Å². The Morgan fingerprint density at radius 1 is 1.40 bits per heavy atom. The van der Waals surface area contributed by atoms with Crippen molar-refractivity contribution in [1.29, 1.82) is 0 Å². The Morgan fingerprint density at radius 3 is 2.70 bits per heavy atom. The van der Waals surface area contributed by atoms with Crippen LogP contribution >= 0.6 is 11.8 Å². The van der Waals surface area contributed by atoms with Crippen molar-refractivity contribution in [2.24, 2.45) is 0 Å². The number of ether oxygens (including phenoxy) is 1. The van der Waals surface area contributed by atoms with E-state index < -0.39 is 0 Å². The van der Waals surface area contributed by atoms with Gasteiger partial charge in [0.05, 0.1) is 6.61 Å². The summed E-state index contributed by atoms with van der Waals surface area (Å²) in [4.78, 5) is 14.6. The van der Waals surface area contributed by atoms with Crippen LogP contribution in [-0.4, -0.2) is 41.1 Å². The first kappa shape index (κ1) is 15.4. The second-order valence-electron chi connectivity index (χ2n) is 5.64. The van der Waals surface area contributed by atoms with Gasteiger partial charge in [0.25, 0.3) is 0 Å². The summed E-state index contributed by atoms with van der Waals surface area (Å²) in [5.41, 5.74) is 1.02. The van der Waals surface area contributed by atoms with Gasteiger partial charge in [0, 0.05) is 23.6 Å². The predicted molar refractivity (Wildman–Crippen MR) is 83.9 cm³/mol. The Hall–Kier alpha value is -1.00. The summed E-state index contributed by atoms with van der Waals surface area (Å²) in [7, 11) is 0. The largest absolute Gasteiger partial charge is 0.465 e. The first-order valence-corrected chi connectivity index (χ1v) is 8.11. The molecule has 4 heteroatoms. The van der Waals surface area contributed by atoms with Gasteiger partial charge < -0.3 is 4.74 Å². The molecular weight excluding hydrogens is 270 g/mol. The highest BCUT2D eigenvalue weighted by Gasteiger charge is 2.35. The number of hydrogen-bond donors (Lipinski definition) is 0. The van der Waals surface area contributed by atoms with Crippen LogP contribution < -0.4 is 0 Å². The highest BCUT2D eigenvalue weighted by Crippen LogP contribution is 2.34. The number of rotatable bonds is 4. The summed E-state index contributed by atoms with van der Waals surface area (Å²) in [5, 5.41) is 0. The molecule has 1 saturated heterocycles. The number of thioether (sulfide) groups is 1. The van der Waals surface area contributed by atoms with Gasteiger partial charge >= 0.3 is 5.97 Å². The number of carbonyl (C=O) groups excluding carboxylic acids is 1. The Morgan fingerprint density at radius 2 is 2.10 bits per heavy atom. The summed E-state index contributed by atoms with van der Waals surface area (Å²) in [6, 6.07) is 9.67. The molecule has 1 unspecified atom stereocenters. The van der Waals surface area contributed by atoms with Gasteiger partial charge in [-0.15, -0.1) is 0 Å². The van der Waals surface area contributed by atoms with E-state index in [1.165, 1.54) is 0 Å². The van der Waals surface area contributed by atoms with E-state index in [1.54, 1.807) is 0 Å². The monoisotopic (exact) mass is 293 g/mol. The van der Waals surface area contributed by atoms with E-state index in [9.17, 15) is 4.79 Å². The molecule has 1 aliphatic heterocycles. The van der Waals surface area contributed by atoms with Gasteiger partial charge in [0.2, 0.25) is 0 Å². The van der Waals surface area contributed by atoms with Crippen LogP contribution in [0.4, 0.5) is 0 Å². The lowest BCUT2D eigenvalue weighted by molar-refractivity contribution is -0.150. The van der Waals surface area contributed by atoms with E-state index in [0.717, 1.165) is 24.4 Å². The summed E-state index contributed by atoms with van der Waals surface area (Å²) in [5.74, 6) is 0.914. The quantitative estimate of drug-likeness (QED) is 0.798. The average molecular weight is 293 g/mol. The first-order valence-electron chi connectivity index (χ1n) is 7.13. The van der Waals surface area contributed by atoms with Crippen molar-refractivity contribution in [2.45, 2.75) is 31.6 Å². The highest BCUT2D eigenvalue weighted by molar-refractivity contribution is 8.00. The molecule has 0 amide bonds. The standard InChI is InChI=1S/C16H23NO2S/c1-4-19-15(18)14(13-8-6-5-7-9-13)17-10-11-20-16(2,3)12-17/h5-9,14H,4,10-12H2,1-3H3. The fourth-order valence-corrected chi connectivity index (χ4v) is 3.76. The fourth-order valence-electron chi connectivity index (χ4n) is 2.63.